The van der Waals surface area contributed by atoms with Crippen LogP contribution in [0.4, 0.5) is 0 Å². The smallest absolute Gasteiger partial charge is 0.251 e. The number of aliphatic hydroxyl groups is 1. The average Bonchev–Trinajstić information content (AvgIpc) is 2.47. The van der Waals surface area contributed by atoms with Crippen molar-refractivity contribution >= 4 is 5.91 Å². The number of phenols is 1. The third-order valence-corrected chi connectivity index (χ3v) is 3.16. The molecule has 0 aliphatic rings. The SMILES string of the molecule is CNC(=O)c1ccccc1CC(O)c1cccc(O)c1. The van der Waals surface area contributed by atoms with E-state index in [1.54, 1.807) is 37.4 Å². The summed E-state index contributed by atoms with van der Waals surface area (Å²) < 4.78 is 0. The molecule has 0 aliphatic carbocycles. The second kappa shape index (κ2) is 6.21. The van der Waals surface area contributed by atoms with Crippen LogP contribution in [0.3, 0.4) is 0 Å². The fraction of sp³-hybridized carbons (Fsp3) is 0.188. The number of amides is 1. The Balaban J connectivity index is 2.24. The predicted molar refractivity (Wildman–Crippen MR) is 76.6 cm³/mol. The zero-order valence-corrected chi connectivity index (χ0v) is 11.2. The van der Waals surface area contributed by atoms with Gasteiger partial charge >= 0.3 is 0 Å². The van der Waals surface area contributed by atoms with Gasteiger partial charge in [-0.2, -0.15) is 0 Å². The van der Waals surface area contributed by atoms with Gasteiger partial charge in [-0.25, -0.2) is 0 Å². The third kappa shape index (κ3) is 3.16. The first kappa shape index (κ1) is 14.1. The molecule has 0 aromatic heterocycles. The van der Waals surface area contributed by atoms with E-state index >= 15 is 0 Å². The number of aliphatic hydroxyl groups excluding tert-OH is 1. The van der Waals surface area contributed by atoms with Crippen LogP contribution in [0.5, 0.6) is 5.75 Å². The molecule has 2 aromatic carbocycles. The van der Waals surface area contributed by atoms with Crippen molar-refractivity contribution in [2.24, 2.45) is 0 Å². The quantitative estimate of drug-likeness (QED) is 0.797. The van der Waals surface area contributed by atoms with Gasteiger partial charge in [0.25, 0.3) is 5.91 Å². The molecular weight excluding hydrogens is 254 g/mol. The lowest BCUT2D eigenvalue weighted by atomic mass is 9.97. The summed E-state index contributed by atoms with van der Waals surface area (Å²) in [5.74, 6) is -0.0650. The first-order valence-corrected chi connectivity index (χ1v) is 6.39. The molecule has 0 radical (unpaired) electrons. The van der Waals surface area contributed by atoms with Crippen molar-refractivity contribution in [1.82, 2.24) is 5.32 Å². The van der Waals surface area contributed by atoms with E-state index in [1.165, 1.54) is 6.07 Å². The molecule has 0 spiro atoms. The van der Waals surface area contributed by atoms with Crippen LogP contribution >= 0.6 is 0 Å². The van der Waals surface area contributed by atoms with Crippen molar-refractivity contribution in [2.45, 2.75) is 12.5 Å². The summed E-state index contributed by atoms with van der Waals surface area (Å²) in [5, 5.41) is 22.3. The Hall–Kier alpha value is -2.33. The van der Waals surface area contributed by atoms with E-state index in [-0.39, 0.29) is 11.7 Å². The maximum atomic E-state index is 11.8. The highest BCUT2D eigenvalue weighted by molar-refractivity contribution is 5.95. The summed E-state index contributed by atoms with van der Waals surface area (Å²) in [6, 6.07) is 13.7. The molecule has 1 amide bonds. The number of benzene rings is 2. The molecule has 4 nitrogen and oxygen atoms in total. The molecule has 0 fully saturated rings. The molecule has 1 atom stereocenters. The van der Waals surface area contributed by atoms with Gasteiger partial charge < -0.3 is 15.5 Å². The molecule has 0 saturated heterocycles. The van der Waals surface area contributed by atoms with Crippen LogP contribution in [0.25, 0.3) is 0 Å². The molecule has 20 heavy (non-hydrogen) atoms. The Morgan fingerprint density at radius 3 is 2.65 bits per heavy atom. The van der Waals surface area contributed by atoms with Crippen molar-refractivity contribution < 1.29 is 15.0 Å². The molecule has 2 aromatic rings. The Labute approximate surface area is 117 Å². The number of carbonyl (C=O) groups excluding carboxylic acids is 1. The average molecular weight is 271 g/mol. The van der Waals surface area contributed by atoms with Gasteiger partial charge in [0.2, 0.25) is 0 Å². The van der Waals surface area contributed by atoms with Crippen LogP contribution in [-0.4, -0.2) is 23.2 Å². The van der Waals surface area contributed by atoms with Crippen LogP contribution in [0.2, 0.25) is 0 Å². The molecule has 1 unspecified atom stereocenters. The summed E-state index contributed by atoms with van der Waals surface area (Å²) >= 11 is 0. The second-order valence-electron chi connectivity index (χ2n) is 4.55. The van der Waals surface area contributed by atoms with Crippen molar-refractivity contribution in [2.75, 3.05) is 7.05 Å². The molecule has 4 heteroatoms. The van der Waals surface area contributed by atoms with Gasteiger partial charge in [0.15, 0.2) is 0 Å². The monoisotopic (exact) mass is 271 g/mol. The second-order valence-corrected chi connectivity index (χ2v) is 4.55. The number of hydrogen-bond donors (Lipinski definition) is 3. The fourth-order valence-electron chi connectivity index (χ4n) is 2.11. The first-order chi connectivity index (χ1) is 9.61. The fourth-order valence-corrected chi connectivity index (χ4v) is 2.11. The molecule has 0 bridgehead atoms. The van der Waals surface area contributed by atoms with Gasteiger partial charge in [-0.15, -0.1) is 0 Å². The van der Waals surface area contributed by atoms with Crippen molar-refractivity contribution in [3.8, 4) is 5.75 Å². The highest BCUT2D eigenvalue weighted by atomic mass is 16.3. The predicted octanol–water partition coefficient (Wildman–Crippen LogP) is 2.03. The minimum absolute atomic E-state index is 0.112. The largest absolute Gasteiger partial charge is 0.508 e. The Morgan fingerprint density at radius 1 is 1.20 bits per heavy atom. The zero-order valence-electron chi connectivity index (χ0n) is 11.2. The summed E-state index contributed by atoms with van der Waals surface area (Å²) in [5.41, 5.74) is 1.94. The van der Waals surface area contributed by atoms with Crippen LogP contribution in [-0.2, 0) is 6.42 Å². The van der Waals surface area contributed by atoms with E-state index < -0.39 is 6.10 Å². The topological polar surface area (TPSA) is 69.6 Å². The van der Waals surface area contributed by atoms with E-state index in [2.05, 4.69) is 5.32 Å². The van der Waals surface area contributed by atoms with Crippen LogP contribution in [0, 0.1) is 0 Å². The van der Waals surface area contributed by atoms with Crippen LogP contribution < -0.4 is 5.32 Å². The van der Waals surface area contributed by atoms with E-state index in [4.69, 9.17) is 0 Å². The Morgan fingerprint density at radius 2 is 1.95 bits per heavy atom. The summed E-state index contributed by atoms with van der Waals surface area (Å²) in [7, 11) is 1.57. The Bertz CT molecular complexity index is 610. The van der Waals surface area contributed by atoms with E-state index in [0.29, 0.717) is 17.5 Å². The van der Waals surface area contributed by atoms with E-state index in [0.717, 1.165) is 5.56 Å². The molecular formula is C16H17NO3. The molecule has 0 heterocycles. The normalized spacial score (nSPS) is 11.9. The maximum absolute atomic E-state index is 11.8. The van der Waals surface area contributed by atoms with Crippen LogP contribution in [0.1, 0.15) is 27.6 Å². The third-order valence-electron chi connectivity index (χ3n) is 3.16. The molecule has 0 saturated carbocycles. The van der Waals surface area contributed by atoms with Gasteiger partial charge in [-0.3, -0.25) is 4.79 Å². The van der Waals surface area contributed by atoms with Gasteiger partial charge in [0.1, 0.15) is 5.75 Å². The minimum Gasteiger partial charge on any atom is -0.508 e. The number of rotatable bonds is 4. The zero-order chi connectivity index (χ0) is 14.5. The van der Waals surface area contributed by atoms with Crippen molar-refractivity contribution in [3.63, 3.8) is 0 Å². The minimum atomic E-state index is -0.770. The van der Waals surface area contributed by atoms with Gasteiger partial charge in [0.05, 0.1) is 6.10 Å². The van der Waals surface area contributed by atoms with E-state index in [9.17, 15) is 15.0 Å². The number of hydrogen-bond acceptors (Lipinski definition) is 3. The highest BCUT2D eigenvalue weighted by Gasteiger charge is 2.14. The summed E-state index contributed by atoms with van der Waals surface area (Å²) in [6.45, 7) is 0. The molecule has 3 N–H and O–H groups in total. The van der Waals surface area contributed by atoms with Crippen molar-refractivity contribution in [3.05, 3.63) is 65.2 Å². The lowest BCUT2D eigenvalue weighted by Crippen LogP contribution is -2.20. The molecule has 2 rings (SSSR count). The number of carbonyl (C=O) groups is 1. The van der Waals surface area contributed by atoms with Gasteiger partial charge in [-0.05, 0) is 29.3 Å². The maximum Gasteiger partial charge on any atom is 0.251 e. The lowest BCUT2D eigenvalue weighted by Gasteiger charge is -2.14. The van der Waals surface area contributed by atoms with Crippen molar-refractivity contribution in [1.29, 1.82) is 0 Å². The van der Waals surface area contributed by atoms with Gasteiger partial charge in [-0.1, -0.05) is 30.3 Å². The first-order valence-electron chi connectivity index (χ1n) is 6.39. The standard InChI is InChI=1S/C16H17NO3/c1-17-16(20)14-8-3-2-5-11(14)10-15(19)12-6-4-7-13(18)9-12/h2-9,15,18-19H,10H2,1H3,(H,17,20). The number of nitrogens with one attached hydrogen (secondary N) is 1. The lowest BCUT2D eigenvalue weighted by molar-refractivity contribution is 0.0961. The number of aromatic hydroxyl groups is 1. The molecule has 104 valence electrons. The van der Waals surface area contributed by atoms with E-state index in [1.807, 2.05) is 12.1 Å². The summed E-state index contributed by atoms with van der Waals surface area (Å²) in [6.07, 6.45) is -0.458. The van der Waals surface area contributed by atoms with Crippen LogP contribution in [0.15, 0.2) is 48.5 Å². The Kier molecular flexibility index (Phi) is 4.38. The van der Waals surface area contributed by atoms with Gasteiger partial charge in [0, 0.05) is 19.0 Å². The number of phenolic OH excluding ortho intramolecular Hbond substituents is 1. The highest BCUT2D eigenvalue weighted by Crippen LogP contribution is 2.23. The summed E-state index contributed by atoms with van der Waals surface area (Å²) in [4.78, 5) is 11.8. The molecule has 0 aliphatic heterocycles.